The third-order valence-electron chi connectivity index (χ3n) is 6.37. The first-order valence-corrected chi connectivity index (χ1v) is 11.5. The first kappa shape index (κ1) is 23.5. The van der Waals surface area contributed by atoms with Crippen LogP contribution in [0.5, 0.6) is 5.75 Å². The maximum atomic E-state index is 13.8. The normalized spacial score (nSPS) is 17.9. The monoisotopic (exact) mass is 460 g/mol. The number of carbonyl (C=O) groups is 2. The third kappa shape index (κ3) is 4.42. The average molecular weight is 461 g/mol. The summed E-state index contributed by atoms with van der Waals surface area (Å²) < 4.78 is 7.20. The second kappa shape index (κ2) is 8.97. The summed E-state index contributed by atoms with van der Waals surface area (Å²) in [6.45, 7) is 8.87. The smallest absolute Gasteiger partial charge is 0.273 e. The molecule has 34 heavy (non-hydrogen) atoms. The van der Waals surface area contributed by atoms with Crippen LogP contribution >= 0.6 is 0 Å². The predicted molar refractivity (Wildman–Crippen MR) is 130 cm³/mol. The van der Waals surface area contributed by atoms with Gasteiger partial charge in [-0.2, -0.15) is 5.10 Å². The van der Waals surface area contributed by atoms with Crippen LogP contribution in [0.25, 0.3) is 0 Å². The highest BCUT2D eigenvalue weighted by Crippen LogP contribution is 2.33. The largest absolute Gasteiger partial charge is 0.496 e. The fourth-order valence-electron chi connectivity index (χ4n) is 4.23. The minimum Gasteiger partial charge on any atom is -0.496 e. The molecule has 1 aliphatic rings. The molecule has 0 radical (unpaired) electrons. The summed E-state index contributed by atoms with van der Waals surface area (Å²) in [6, 6.07) is 19.1. The van der Waals surface area contributed by atoms with Gasteiger partial charge in [-0.3, -0.25) is 14.3 Å². The van der Waals surface area contributed by atoms with Crippen molar-refractivity contribution in [2.75, 3.05) is 7.11 Å². The van der Waals surface area contributed by atoms with Gasteiger partial charge in [-0.05, 0) is 24.6 Å². The minimum atomic E-state index is -1.14. The van der Waals surface area contributed by atoms with E-state index in [9.17, 15) is 9.59 Å². The van der Waals surface area contributed by atoms with Gasteiger partial charge in [-0.1, -0.05) is 69.3 Å². The highest BCUT2D eigenvalue weighted by molar-refractivity contribution is 5.99. The number of carbonyl (C=O) groups excluding carboxylic acids is 2. The lowest BCUT2D eigenvalue weighted by Gasteiger charge is -2.43. The number of para-hydroxylation sites is 1. The Kier molecular flexibility index (Phi) is 6.21. The van der Waals surface area contributed by atoms with E-state index in [2.05, 4.69) is 26.1 Å². The Bertz CT molecular complexity index is 1200. The summed E-state index contributed by atoms with van der Waals surface area (Å²) in [6.07, 6.45) is 0. The summed E-state index contributed by atoms with van der Waals surface area (Å²) in [7, 11) is 1.60. The summed E-state index contributed by atoms with van der Waals surface area (Å²) >= 11 is 0. The van der Waals surface area contributed by atoms with Crippen LogP contribution < -0.4 is 10.1 Å². The number of methoxy groups -OCH3 is 1. The summed E-state index contributed by atoms with van der Waals surface area (Å²) in [5, 5.41) is 7.75. The summed E-state index contributed by atoms with van der Waals surface area (Å²) in [5.41, 5.74) is 1.79. The van der Waals surface area contributed by atoms with Gasteiger partial charge in [-0.15, -0.1) is 0 Å². The van der Waals surface area contributed by atoms with E-state index in [1.54, 1.807) is 16.7 Å². The van der Waals surface area contributed by atoms with Crippen molar-refractivity contribution >= 4 is 11.8 Å². The van der Waals surface area contributed by atoms with Crippen LogP contribution in [0.1, 0.15) is 55.0 Å². The number of nitrogens with one attached hydrogen (secondary N) is 1. The number of benzene rings is 2. The molecule has 0 unspecified atom stereocenters. The van der Waals surface area contributed by atoms with Crippen LogP contribution in [-0.4, -0.2) is 39.1 Å². The molecule has 1 aromatic heterocycles. The molecule has 2 aromatic carbocycles. The van der Waals surface area contributed by atoms with E-state index in [-0.39, 0.29) is 30.3 Å². The first-order chi connectivity index (χ1) is 16.1. The van der Waals surface area contributed by atoms with Gasteiger partial charge >= 0.3 is 0 Å². The number of rotatable bonds is 6. The van der Waals surface area contributed by atoms with E-state index < -0.39 is 5.54 Å². The van der Waals surface area contributed by atoms with E-state index in [0.29, 0.717) is 18.0 Å². The maximum Gasteiger partial charge on any atom is 0.273 e. The molecule has 7 heteroatoms. The highest BCUT2D eigenvalue weighted by Gasteiger charge is 2.48. The number of ether oxygens (including phenoxy) is 1. The summed E-state index contributed by atoms with van der Waals surface area (Å²) in [5.74, 6) is 0.229. The Labute approximate surface area is 200 Å². The van der Waals surface area contributed by atoms with Crippen LogP contribution in [-0.2, 0) is 29.8 Å². The molecule has 178 valence electrons. The van der Waals surface area contributed by atoms with Crippen molar-refractivity contribution in [1.82, 2.24) is 20.0 Å². The van der Waals surface area contributed by atoms with Crippen LogP contribution in [0.4, 0.5) is 0 Å². The fraction of sp³-hybridized carbons (Fsp3) is 0.370. The molecule has 1 N–H and O–H groups in total. The zero-order valence-electron chi connectivity index (χ0n) is 20.5. The van der Waals surface area contributed by atoms with E-state index in [0.717, 1.165) is 16.8 Å². The number of aromatic nitrogens is 2. The Morgan fingerprint density at radius 1 is 1.12 bits per heavy atom. The molecule has 0 bridgehead atoms. The average Bonchev–Trinajstić information content (AvgIpc) is 3.25. The van der Waals surface area contributed by atoms with Crippen molar-refractivity contribution in [2.45, 2.75) is 58.3 Å². The quantitative estimate of drug-likeness (QED) is 0.605. The van der Waals surface area contributed by atoms with Crippen molar-refractivity contribution in [2.24, 2.45) is 0 Å². The second-order valence-corrected chi connectivity index (χ2v) is 9.97. The number of amides is 2. The third-order valence-corrected chi connectivity index (χ3v) is 6.37. The molecule has 2 heterocycles. The SMILES string of the molecule is COc1ccccc1CN1C(=O)c2cc(C(C)(C)C)nn2C[C@]1(C)C(=O)NCc1ccccc1. The molecule has 0 spiro atoms. The predicted octanol–water partition coefficient (Wildman–Crippen LogP) is 3.92. The van der Waals surface area contributed by atoms with Gasteiger partial charge in [0, 0.05) is 17.5 Å². The molecule has 0 fully saturated rings. The first-order valence-electron chi connectivity index (χ1n) is 11.5. The molecule has 0 saturated heterocycles. The van der Waals surface area contributed by atoms with E-state index in [1.165, 1.54) is 0 Å². The highest BCUT2D eigenvalue weighted by atomic mass is 16.5. The van der Waals surface area contributed by atoms with Crippen LogP contribution in [0.15, 0.2) is 60.7 Å². The molecule has 3 aromatic rings. The number of nitrogens with zero attached hydrogens (tertiary/aromatic N) is 3. The minimum absolute atomic E-state index is 0.218. The molecular formula is C27H32N4O3. The fourth-order valence-corrected chi connectivity index (χ4v) is 4.23. The Morgan fingerprint density at radius 3 is 2.47 bits per heavy atom. The van der Waals surface area contributed by atoms with Crippen molar-refractivity contribution in [3.05, 3.63) is 83.2 Å². The number of fused-ring (bicyclic) bond motifs is 1. The van der Waals surface area contributed by atoms with Gasteiger partial charge in [0.15, 0.2) is 0 Å². The maximum absolute atomic E-state index is 13.8. The zero-order valence-corrected chi connectivity index (χ0v) is 20.5. The van der Waals surface area contributed by atoms with Crippen molar-refractivity contribution in [1.29, 1.82) is 0 Å². The standard InChI is InChI=1S/C27H32N4O3/c1-26(2,3)23-15-21-24(32)30(17-20-13-9-10-14-22(20)34-5)27(4,18-31(21)29-23)25(33)28-16-19-11-7-6-8-12-19/h6-15H,16-18H2,1-5H3,(H,28,33)/t27-/m1/s1. The van der Waals surface area contributed by atoms with Gasteiger partial charge in [-0.25, -0.2) is 0 Å². The lowest BCUT2D eigenvalue weighted by Crippen LogP contribution is -2.63. The molecule has 0 aliphatic carbocycles. The van der Waals surface area contributed by atoms with Crippen molar-refractivity contribution < 1.29 is 14.3 Å². The van der Waals surface area contributed by atoms with Crippen LogP contribution in [0, 0.1) is 0 Å². The van der Waals surface area contributed by atoms with E-state index in [1.807, 2.05) is 67.6 Å². The van der Waals surface area contributed by atoms with Gasteiger partial charge in [0.1, 0.15) is 17.0 Å². The zero-order chi connectivity index (χ0) is 24.5. The van der Waals surface area contributed by atoms with E-state index >= 15 is 0 Å². The molecular weight excluding hydrogens is 428 g/mol. The Balaban J connectivity index is 1.71. The summed E-state index contributed by atoms with van der Waals surface area (Å²) in [4.78, 5) is 29.1. The number of hydrogen-bond donors (Lipinski definition) is 1. The van der Waals surface area contributed by atoms with Gasteiger partial charge < -0.3 is 15.0 Å². The topological polar surface area (TPSA) is 76.5 Å². The van der Waals surface area contributed by atoms with E-state index in [4.69, 9.17) is 9.84 Å². The molecule has 1 aliphatic heterocycles. The van der Waals surface area contributed by atoms with Crippen molar-refractivity contribution in [3.63, 3.8) is 0 Å². The van der Waals surface area contributed by atoms with Gasteiger partial charge in [0.2, 0.25) is 5.91 Å². The Morgan fingerprint density at radius 2 is 1.79 bits per heavy atom. The Hall–Kier alpha value is -3.61. The van der Waals surface area contributed by atoms with Gasteiger partial charge in [0.25, 0.3) is 5.91 Å². The lowest BCUT2D eigenvalue weighted by atomic mass is 9.91. The lowest BCUT2D eigenvalue weighted by molar-refractivity contribution is -0.133. The molecule has 7 nitrogen and oxygen atoms in total. The molecule has 0 saturated carbocycles. The van der Waals surface area contributed by atoms with Crippen LogP contribution in [0.3, 0.4) is 0 Å². The molecule has 2 amide bonds. The second-order valence-electron chi connectivity index (χ2n) is 9.97. The van der Waals surface area contributed by atoms with Crippen molar-refractivity contribution in [3.8, 4) is 5.75 Å². The van der Waals surface area contributed by atoms with Crippen LogP contribution in [0.2, 0.25) is 0 Å². The van der Waals surface area contributed by atoms with Gasteiger partial charge in [0.05, 0.1) is 25.9 Å². The molecule has 4 rings (SSSR count). The number of hydrogen-bond acceptors (Lipinski definition) is 4. The molecule has 1 atom stereocenters.